The lowest BCUT2D eigenvalue weighted by Gasteiger charge is -2.23. The fourth-order valence-corrected chi connectivity index (χ4v) is 2.06. The lowest BCUT2D eigenvalue weighted by Crippen LogP contribution is -2.50. The standard InChI is InChI=1S/C15H23N5O3/c1-4-5-11(18-15(16)23)14(22)20(3)9-13(21)19-12-8-10(2)6-7-17-12/h6-8,11H,4-5,9H2,1-3H3,(H3,16,18,23)(H,17,19,21). The zero-order chi connectivity index (χ0) is 17.4. The summed E-state index contributed by atoms with van der Waals surface area (Å²) >= 11 is 0. The highest BCUT2D eigenvalue weighted by Crippen LogP contribution is 2.06. The number of carbonyl (C=O) groups is 3. The second-order valence-corrected chi connectivity index (χ2v) is 5.31. The lowest BCUT2D eigenvalue weighted by molar-refractivity contribution is -0.135. The first-order valence-corrected chi connectivity index (χ1v) is 7.37. The summed E-state index contributed by atoms with van der Waals surface area (Å²) in [7, 11) is 1.50. The number of nitrogens with zero attached hydrogens (tertiary/aromatic N) is 2. The highest BCUT2D eigenvalue weighted by atomic mass is 16.2. The second-order valence-electron chi connectivity index (χ2n) is 5.31. The number of anilines is 1. The minimum Gasteiger partial charge on any atom is -0.352 e. The van der Waals surface area contributed by atoms with Crippen LogP contribution in [-0.4, -0.2) is 47.4 Å². The van der Waals surface area contributed by atoms with Gasteiger partial charge in [-0.1, -0.05) is 13.3 Å². The molecule has 0 aliphatic heterocycles. The number of amides is 4. The van der Waals surface area contributed by atoms with Crippen LogP contribution in [0, 0.1) is 6.92 Å². The summed E-state index contributed by atoms with van der Waals surface area (Å²) in [6, 6.07) is 2.05. The molecule has 4 N–H and O–H groups in total. The molecule has 23 heavy (non-hydrogen) atoms. The lowest BCUT2D eigenvalue weighted by atomic mass is 10.1. The molecule has 1 aromatic rings. The summed E-state index contributed by atoms with van der Waals surface area (Å²) in [4.78, 5) is 40.5. The van der Waals surface area contributed by atoms with Gasteiger partial charge >= 0.3 is 6.03 Å². The molecule has 0 saturated heterocycles. The van der Waals surface area contributed by atoms with Gasteiger partial charge < -0.3 is 21.3 Å². The fraction of sp³-hybridized carbons (Fsp3) is 0.467. The largest absolute Gasteiger partial charge is 0.352 e. The van der Waals surface area contributed by atoms with E-state index in [0.717, 1.165) is 5.56 Å². The molecule has 1 rings (SSSR count). The molecule has 0 aliphatic rings. The van der Waals surface area contributed by atoms with Gasteiger partial charge in [-0.2, -0.15) is 0 Å². The van der Waals surface area contributed by atoms with Gasteiger partial charge in [-0.25, -0.2) is 9.78 Å². The summed E-state index contributed by atoms with van der Waals surface area (Å²) in [5, 5.41) is 5.02. The highest BCUT2D eigenvalue weighted by Gasteiger charge is 2.23. The van der Waals surface area contributed by atoms with Crippen LogP contribution in [0.2, 0.25) is 0 Å². The normalized spacial score (nSPS) is 11.4. The van der Waals surface area contributed by atoms with E-state index < -0.39 is 12.1 Å². The highest BCUT2D eigenvalue weighted by molar-refractivity contribution is 5.95. The Morgan fingerprint density at radius 1 is 1.39 bits per heavy atom. The number of nitrogens with two attached hydrogens (primary N) is 1. The molecule has 0 radical (unpaired) electrons. The first-order valence-electron chi connectivity index (χ1n) is 7.37. The molecule has 0 saturated carbocycles. The Morgan fingerprint density at radius 3 is 2.65 bits per heavy atom. The van der Waals surface area contributed by atoms with E-state index in [1.165, 1.54) is 11.9 Å². The Bertz CT molecular complexity index is 576. The number of aromatic nitrogens is 1. The molecular formula is C15H23N5O3. The van der Waals surface area contributed by atoms with E-state index in [0.29, 0.717) is 18.7 Å². The minimum atomic E-state index is -0.765. The van der Waals surface area contributed by atoms with Crippen LogP contribution in [-0.2, 0) is 9.59 Å². The zero-order valence-corrected chi connectivity index (χ0v) is 13.6. The molecule has 1 aromatic heterocycles. The van der Waals surface area contributed by atoms with Crippen LogP contribution < -0.4 is 16.4 Å². The third-order valence-electron chi connectivity index (χ3n) is 3.13. The SMILES string of the molecule is CCCC(NC(N)=O)C(=O)N(C)CC(=O)Nc1cc(C)ccn1. The maximum Gasteiger partial charge on any atom is 0.312 e. The van der Waals surface area contributed by atoms with Gasteiger partial charge in [0, 0.05) is 13.2 Å². The number of urea groups is 1. The molecule has 1 atom stereocenters. The summed E-state index contributed by atoms with van der Waals surface area (Å²) in [6.07, 6.45) is 2.74. The topological polar surface area (TPSA) is 117 Å². The van der Waals surface area contributed by atoms with Gasteiger partial charge in [-0.15, -0.1) is 0 Å². The van der Waals surface area contributed by atoms with Gasteiger partial charge in [0.05, 0.1) is 6.54 Å². The van der Waals surface area contributed by atoms with Crippen LogP contribution in [0.4, 0.5) is 10.6 Å². The number of hydrogen-bond acceptors (Lipinski definition) is 4. The molecule has 0 fully saturated rings. The maximum absolute atomic E-state index is 12.3. The van der Waals surface area contributed by atoms with E-state index in [9.17, 15) is 14.4 Å². The monoisotopic (exact) mass is 321 g/mol. The molecule has 1 heterocycles. The Hall–Kier alpha value is -2.64. The van der Waals surface area contributed by atoms with Crippen molar-refractivity contribution in [3.05, 3.63) is 23.9 Å². The van der Waals surface area contributed by atoms with Crippen LogP contribution >= 0.6 is 0 Å². The first kappa shape index (κ1) is 18.4. The average Bonchev–Trinajstić information content (AvgIpc) is 2.45. The third kappa shape index (κ3) is 6.33. The van der Waals surface area contributed by atoms with Crippen LogP contribution in [0.25, 0.3) is 0 Å². The summed E-state index contributed by atoms with van der Waals surface area (Å²) in [5.41, 5.74) is 6.04. The van der Waals surface area contributed by atoms with Gasteiger partial charge in [0.1, 0.15) is 11.9 Å². The van der Waals surface area contributed by atoms with Gasteiger partial charge in [0.2, 0.25) is 11.8 Å². The summed E-state index contributed by atoms with van der Waals surface area (Å²) < 4.78 is 0. The van der Waals surface area contributed by atoms with Crippen LogP contribution in [0.1, 0.15) is 25.3 Å². The van der Waals surface area contributed by atoms with Crippen LogP contribution in [0.5, 0.6) is 0 Å². The van der Waals surface area contributed by atoms with Crippen molar-refractivity contribution in [3.8, 4) is 0 Å². The molecule has 126 valence electrons. The first-order chi connectivity index (χ1) is 10.8. The van der Waals surface area contributed by atoms with Gasteiger partial charge in [0.25, 0.3) is 0 Å². The van der Waals surface area contributed by atoms with Crippen molar-refractivity contribution in [2.45, 2.75) is 32.7 Å². The molecule has 0 aliphatic carbocycles. The maximum atomic E-state index is 12.3. The van der Waals surface area contributed by atoms with Crippen molar-refractivity contribution in [2.24, 2.45) is 5.73 Å². The molecule has 1 unspecified atom stereocenters. The summed E-state index contributed by atoms with van der Waals surface area (Å²) in [6.45, 7) is 3.63. The van der Waals surface area contributed by atoms with Gasteiger partial charge in [0.15, 0.2) is 0 Å². The van der Waals surface area contributed by atoms with Crippen molar-refractivity contribution >= 4 is 23.7 Å². The number of nitrogens with one attached hydrogen (secondary N) is 2. The Labute approximate surface area is 135 Å². The van der Waals surface area contributed by atoms with Crippen molar-refractivity contribution in [2.75, 3.05) is 18.9 Å². The molecule has 4 amide bonds. The van der Waals surface area contributed by atoms with Crippen molar-refractivity contribution in [3.63, 3.8) is 0 Å². The number of rotatable bonds is 7. The molecule has 8 heteroatoms. The van der Waals surface area contributed by atoms with E-state index >= 15 is 0 Å². The van der Waals surface area contributed by atoms with Crippen molar-refractivity contribution in [1.82, 2.24) is 15.2 Å². The fourth-order valence-electron chi connectivity index (χ4n) is 2.06. The predicted octanol–water partition coefficient (Wildman–Crippen LogP) is 0.624. The molecule has 0 spiro atoms. The molecule has 8 nitrogen and oxygen atoms in total. The number of hydrogen-bond donors (Lipinski definition) is 3. The second kappa shape index (κ2) is 8.72. The van der Waals surface area contributed by atoms with Crippen LogP contribution in [0.3, 0.4) is 0 Å². The zero-order valence-electron chi connectivity index (χ0n) is 13.6. The minimum absolute atomic E-state index is 0.144. The predicted molar refractivity (Wildman–Crippen MR) is 86.7 cm³/mol. The number of likely N-dealkylation sites (N-methyl/N-ethyl adjacent to an activating group) is 1. The number of aryl methyl sites for hydroxylation is 1. The van der Waals surface area contributed by atoms with Crippen LogP contribution in [0.15, 0.2) is 18.3 Å². The Kier molecular flexibility index (Phi) is 6.98. The smallest absolute Gasteiger partial charge is 0.312 e. The van der Waals surface area contributed by atoms with Gasteiger partial charge in [-0.3, -0.25) is 9.59 Å². The van der Waals surface area contributed by atoms with E-state index in [2.05, 4.69) is 15.6 Å². The van der Waals surface area contributed by atoms with E-state index in [-0.39, 0.29) is 18.4 Å². The van der Waals surface area contributed by atoms with Gasteiger partial charge in [-0.05, 0) is 31.0 Å². The molecule has 0 bridgehead atoms. The number of pyridine rings is 1. The number of carbonyl (C=O) groups excluding carboxylic acids is 3. The third-order valence-corrected chi connectivity index (χ3v) is 3.13. The Morgan fingerprint density at radius 2 is 2.09 bits per heavy atom. The van der Waals surface area contributed by atoms with E-state index in [1.54, 1.807) is 12.3 Å². The number of primary amides is 1. The average molecular weight is 321 g/mol. The van der Waals surface area contributed by atoms with Crippen molar-refractivity contribution < 1.29 is 14.4 Å². The molecular weight excluding hydrogens is 298 g/mol. The Balaban J connectivity index is 2.61. The van der Waals surface area contributed by atoms with Crippen molar-refractivity contribution in [1.29, 1.82) is 0 Å². The van der Waals surface area contributed by atoms with E-state index in [1.807, 2.05) is 19.9 Å². The summed E-state index contributed by atoms with van der Waals surface area (Å²) in [5.74, 6) is -0.303. The quantitative estimate of drug-likeness (QED) is 0.682. The van der Waals surface area contributed by atoms with E-state index in [4.69, 9.17) is 5.73 Å². The molecule has 0 aromatic carbocycles.